The Bertz CT molecular complexity index is 867. The highest BCUT2D eigenvalue weighted by Crippen LogP contribution is 2.31. The van der Waals surface area contributed by atoms with Gasteiger partial charge in [0.05, 0.1) is 40.3 Å². The lowest BCUT2D eigenvalue weighted by Crippen LogP contribution is -2.09. The number of nitrogens with zero attached hydrogens (tertiary/aromatic N) is 3. The molecule has 116 valence electrons. The maximum Gasteiger partial charge on any atom is 0.212 e. The first-order valence-corrected chi connectivity index (χ1v) is 8.15. The summed E-state index contributed by atoms with van der Waals surface area (Å²) >= 11 is 5.88. The van der Waals surface area contributed by atoms with Crippen LogP contribution in [0.5, 0.6) is 0 Å². The molecule has 22 heavy (non-hydrogen) atoms. The second-order valence-corrected chi connectivity index (χ2v) is 6.91. The van der Waals surface area contributed by atoms with Gasteiger partial charge in [0, 0.05) is 0 Å². The Morgan fingerprint density at radius 1 is 1.41 bits per heavy atom. The van der Waals surface area contributed by atoms with E-state index in [1.165, 1.54) is 22.9 Å². The highest BCUT2D eigenvalue weighted by molar-refractivity contribution is 7.91. The molecular formula is C13H14ClN5O2S. The fourth-order valence-electron chi connectivity index (χ4n) is 2.03. The van der Waals surface area contributed by atoms with Gasteiger partial charge in [-0.1, -0.05) is 11.6 Å². The molecule has 0 saturated carbocycles. The summed E-state index contributed by atoms with van der Waals surface area (Å²) in [5, 5.41) is 12.8. The summed E-state index contributed by atoms with van der Waals surface area (Å²) in [6.45, 7) is 1.77. The molecule has 0 saturated heterocycles. The molecule has 9 heteroatoms. The number of hydrogen-bond donors (Lipinski definition) is 2. The van der Waals surface area contributed by atoms with Gasteiger partial charge in [0.15, 0.2) is 0 Å². The lowest BCUT2D eigenvalue weighted by atomic mass is 10.3. The standard InChI is InChI=1S/C13H14ClN5O2S/c1-8-12(13(17)19(18-8)6-2-5-15)22(20,21)9-3-4-11(16)10(14)7-9/h3-4,7H,2,6,16-17H2,1H3. The average molecular weight is 340 g/mol. The van der Waals surface area contributed by atoms with Crippen molar-refractivity contribution in [1.29, 1.82) is 5.26 Å². The van der Waals surface area contributed by atoms with Crippen molar-refractivity contribution in [3.8, 4) is 6.07 Å². The Balaban J connectivity index is 2.57. The summed E-state index contributed by atoms with van der Waals surface area (Å²) in [6.07, 6.45) is 0.179. The van der Waals surface area contributed by atoms with E-state index in [0.29, 0.717) is 0 Å². The first-order chi connectivity index (χ1) is 10.3. The molecule has 0 aliphatic carbocycles. The Morgan fingerprint density at radius 3 is 2.68 bits per heavy atom. The molecule has 0 aliphatic rings. The molecular weight excluding hydrogens is 326 g/mol. The number of rotatable bonds is 4. The van der Waals surface area contributed by atoms with Crippen LogP contribution in [0.4, 0.5) is 11.5 Å². The zero-order chi connectivity index (χ0) is 16.5. The van der Waals surface area contributed by atoms with E-state index in [4.69, 9.17) is 28.3 Å². The third-order valence-electron chi connectivity index (χ3n) is 3.10. The van der Waals surface area contributed by atoms with Gasteiger partial charge in [-0.05, 0) is 25.1 Å². The summed E-state index contributed by atoms with van der Waals surface area (Å²) in [6, 6.07) is 6.02. The van der Waals surface area contributed by atoms with Crippen LogP contribution in [0.15, 0.2) is 28.0 Å². The van der Waals surface area contributed by atoms with Crippen molar-refractivity contribution in [2.45, 2.75) is 29.7 Å². The van der Waals surface area contributed by atoms with E-state index in [2.05, 4.69) is 5.10 Å². The number of aromatic nitrogens is 2. The number of nitrogen functional groups attached to an aromatic ring is 2. The van der Waals surface area contributed by atoms with Crippen molar-refractivity contribution < 1.29 is 8.42 Å². The lowest BCUT2D eigenvalue weighted by molar-refractivity contribution is 0.595. The van der Waals surface area contributed by atoms with Crippen molar-refractivity contribution in [1.82, 2.24) is 9.78 Å². The van der Waals surface area contributed by atoms with Gasteiger partial charge in [0.2, 0.25) is 9.84 Å². The van der Waals surface area contributed by atoms with Crippen LogP contribution >= 0.6 is 11.6 Å². The topological polar surface area (TPSA) is 128 Å². The Hall–Kier alpha value is -2.24. The van der Waals surface area contributed by atoms with Crippen LogP contribution in [0.1, 0.15) is 12.1 Å². The molecule has 1 aromatic heterocycles. The maximum absolute atomic E-state index is 12.7. The first-order valence-electron chi connectivity index (χ1n) is 6.29. The van der Waals surface area contributed by atoms with E-state index in [0.717, 1.165) is 0 Å². The Kier molecular flexibility index (Phi) is 4.30. The van der Waals surface area contributed by atoms with E-state index in [9.17, 15) is 8.42 Å². The largest absolute Gasteiger partial charge is 0.398 e. The molecule has 7 nitrogen and oxygen atoms in total. The number of aryl methyl sites for hydroxylation is 2. The molecule has 1 heterocycles. The third-order valence-corrected chi connectivity index (χ3v) is 5.34. The van der Waals surface area contributed by atoms with Crippen LogP contribution in [0, 0.1) is 18.3 Å². The number of halogens is 1. The number of nitrogens with two attached hydrogens (primary N) is 2. The van der Waals surface area contributed by atoms with Crippen molar-refractivity contribution in [2.75, 3.05) is 11.5 Å². The summed E-state index contributed by atoms with van der Waals surface area (Å²) < 4.78 is 26.8. The predicted molar refractivity (Wildman–Crippen MR) is 82.9 cm³/mol. The van der Waals surface area contributed by atoms with Crippen LogP contribution in [0.2, 0.25) is 5.02 Å². The molecule has 0 amide bonds. The second kappa shape index (κ2) is 5.87. The summed E-state index contributed by atoms with van der Waals surface area (Å²) in [7, 11) is -3.88. The average Bonchev–Trinajstić information content (AvgIpc) is 2.74. The van der Waals surface area contributed by atoms with Gasteiger partial charge in [0.1, 0.15) is 10.7 Å². The fraction of sp³-hybridized carbons (Fsp3) is 0.231. The van der Waals surface area contributed by atoms with E-state index < -0.39 is 9.84 Å². The lowest BCUT2D eigenvalue weighted by Gasteiger charge is -2.07. The van der Waals surface area contributed by atoms with Gasteiger partial charge < -0.3 is 11.5 Å². The summed E-state index contributed by atoms with van der Waals surface area (Å²) in [5.74, 6) is 0.000646. The van der Waals surface area contributed by atoms with Crippen LogP contribution < -0.4 is 11.5 Å². The van der Waals surface area contributed by atoms with Gasteiger partial charge in [-0.25, -0.2) is 13.1 Å². The Morgan fingerprint density at radius 2 is 2.09 bits per heavy atom. The minimum absolute atomic E-state index is 0.000646. The van der Waals surface area contributed by atoms with Crippen LogP contribution in [-0.2, 0) is 16.4 Å². The number of sulfone groups is 1. The Labute approximate surface area is 133 Å². The van der Waals surface area contributed by atoms with Crippen molar-refractivity contribution in [2.24, 2.45) is 0 Å². The van der Waals surface area contributed by atoms with Crippen LogP contribution in [-0.4, -0.2) is 18.2 Å². The van der Waals surface area contributed by atoms with Gasteiger partial charge in [-0.2, -0.15) is 10.4 Å². The fourth-order valence-corrected chi connectivity index (χ4v) is 3.85. The monoisotopic (exact) mass is 339 g/mol. The molecule has 2 aromatic rings. The summed E-state index contributed by atoms with van der Waals surface area (Å²) in [5.41, 5.74) is 12.0. The molecule has 0 bridgehead atoms. The van der Waals surface area contributed by atoms with Crippen molar-refractivity contribution >= 4 is 32.9 Å². The SMILES string of the molecule is Cc1nn(CCC#N)c(N)c1S(=O)(=O)c1ccc(N)c(Cl)c1. The minimum Gasteiger partial charge on any atom is -0.398 e. The molecule has 0 fully saturated rings. The highest BCUT2D eigenvalue weighted by atomic mass is 35.5. The normalized spacial score (nSPS) is 11.3. The van der Waals surface area contributed by atoms with E-state index in [1.54, 1.807) is 6.92 Å². The van der Waals surface area contributed by atoms with Gasteiger partial charge >= 0.3 is 0 Å². The quantitative estimate of drug-likeness (QED) is 0.817. The molecule has 0 unspecified atom stereocenters. The molecule has 0 radical (unpaired) electrons. The van der Waals surface area contributed by atoms with Crippen LogP contribution in [0.25, 0.3) is 0 Å². The number of hydrogen-bond acceptors (Lipinski definition) is 6. The second-order valence-electron chi connectivity index (χ2n) is 4.62. The van der Waals surface area contributed by atoms with E-state index in [-0.39, 0.29) is 45.0 Å². The van der Waals surface area contributed by atoms with Crippen molar-refractivity contribution in [3.05, 3.63) is 28.9 Å². The molecule has 0 atom stereocenters. The maximum atomic E-state index is 12.7. The van der Waals surface area contributed by atoms with Gasteiger partial charge in [-0.3, -0.25) is 0 Å². The molecule has 2 rings (SSSR count). The minimum atomic E-state index is -3.88. The summed E-state index contributed by atoms with van der Waals surface area (Å²) in [4.78, 5) is -0.0902. The van der Waals surface area contributed by atoms with Crippen LogP contribution in [0.3, 0.4) is 0 Å². The number of benzene rings is 1. The molecule has 1 aromatic carbocycles. The first kappa shape index (κ1) is 16.1. The number of anilines is 2. The third kappa shape index (κ3) is 2.73. The van der Waals surface area contributed by atoms with Gasteiger partial charge in [0.25, 0.3) is 0 Å². The highest BCUT2D eigenvalue weighted by Gasteiger charge is 2.27. The van der Waals surface area contributed by atoms with Crippen molar-refractivity contribution in [3.63, 3.8) is 0 Å². The smallest absolute Gasteiger partial charge is 0.212 e. The molecule has 0 aliphatic heterocycles. The zero-order valence-electron chi connectivity index (χ0n) is 11.7. The van der Waals surface area contributed by atoms with Gasteiger partial charge in [-0.15, -0.1) is 0 Å². The van der Waals surface area contributed by atoms with E-state index >= 15 is 0 Å². The zero-order valence-corrected chi connectivity index (χ0v) is 13.3. The predicted octanol–water partition coefficient (Wildman–Crippen LogP) is 1.76. The number of nitriles is 1. The van der Waals surface area contributed by atoms with E-state index in [1.807, 2.05) is 6.07 Å². The molecule has 0 spiro atoms. The molecule has 4 N–H and O–H groups in total.